The number of pyridine rings is 1. The molecule has 1 aromatic heterocycles. The summed E-state index contributed by atoms with van der Waals surface area (Å²) in [5.41, 5.74) is 3.79. The number of aryl methyl sites for hydroxylation is 1. The standard InChI is InChI=1S/C27H35N5O3/c1-4-17(2)23(31-18(3)33)16-29-22-12-11-19-8-7-9-20-14-24(32(25(19)20)27(22)35)26(34)30-15-21-10-5-6-13-28-21/h5-10,13,17,22-24,29H,4,11-12,14-16H2,1-3H3,(H,30,34)(H,31,33)/t17-,22-,23+,24-/m0/s1. The minimum absolute atomic E-state index is 0.0671. The third kappa shape index (κ3) is 5.53. The van der Waals surface area contributed by atoms with Crippen molar-refractivity contribution in [1.29, 1.82) is 0 Å². The van der Waals surface area contributed by atoms with E-state index in [1.807, 2.05) is 30.3 Å². The smallest absolute Gasteiger partial charge is 0.244 e. The van der Waals surface area contributed by atoms with Gasteiger partial charge in [-0.05, 0) is 42.0 Å². The summed E-state index contributed by atoms with van der Waals surface area (Å²) < 4.78 is 0. The van der Waals surface area contributed by atoms with Gasteiger partial charge in [0.05, 0.1) is 24.0 Å². The first kappa shape index (κ1) is 24.9. The number of benzene rings is 1. The van der Waals surface area contributed by atoms with Gasteiger partial charge in [0.2, 0.25) is 17.7 Å². The molecule has 0 spiro atoms. The fraction of sp³-hybridized carbons (Fsp3) is 0.481. The molecule has 3 N–H and O–H groups in total. The monoisotopic (exact) mass is 477 g/mol. The second kappa shape index (κ2) is 11.0. The van der Waals surface area contributed by atoms with E-state index >= 15 is 0 Å². The zero-order valence-corrected chi connectivity index (χ0v) is 20.7. The quantitative estimate of drug-likeness (QED) is 0.513. The first-order chi connectivity index (χ1) is 16.9. The van der Waals surface area contributed by atoms with E-state index in [2.05, 4.69) is 40.8 Å². The van der Waals surface area contributed by atoms with Crippen molar-refractivity contribution in [3.63, 3.8) is 0 Å². The molecule has 0 fully saturated rings. The third-order valence-electron chi connectivity index (χ3n) is 7.18. The van der Waals surface area contributed by atoms with Crippen molar-refractivity contribution in [2.45, 2.75) is 71.1 Å². The molecule has 2 aliphatic rings. The SMILES string of the molecule is CC[C@H](C)[C@@H](CN[C@H]1CCc2cccc3c2N(C1=O)[C@H](C(=O)NCc1ccccn1)C3)NC(C)=O. The van der Waals surface area contributed by atoms with Gasteiger partial charge in [-0.1, -0.05) is 44.5 Å². The van der Waals surface area contributed by atoms with Gasteiger partial charge in [0.25, 0.3) is 0 Å². The van der Waals surface area contributed by atoms with Crippen LogP contribution in [0.15, 0.2) is 42.6 Å². The van der Waals surface area contributed by atoms with E-state index in [9.17, 15) is 14.4 Å². The molecule has 0 saturated carbocycles. The summed E-state index contributed by atoms with van der Waals surface area (Å²) in [6.07, 6.45) is 4.50. The second-order valence-corrected chi connectivity index (χ2v) is 9.58. The summed E-state index contributed by atoms with van der Waals surface area (Å²) in [6.45, 7) is 6.52. The number of nitrogens with zero attached hydrogens (tertiary/aromatic N) is 2. The second-order valence-electron chi connectivity index (χ2n) is 9.58. The van der Waals surface area contributed by atoms with Crippen LogP contribution in [0.25, 0.3) is 0 Å². The Labute approximate surface area is 206 Å². The molecule has 2 aliphatic heterocycles. The molecular formula is C27H35N5O3. The highest BCUT2D eigenvalue weighted by Crippen LogP contribution is 2.39. The predicted molar refractivity (Wildman–Crippen MR) is 135 cm³/mol. The van der Waals surface area contributed by atoms with Crippen molar-refractivity contribution >= 4 is 23.4 Å². The lowest BCUT2D eigenvalue weighted by Crippen LogP contribution is -2.55. The average molecular weight is 478 g/mol. The molecule has 4 atom stereocenters. The highest BCUT2D eigenvalue weighted by molar-refractivity contribution is 6.06. The Hall–Kier alpha value is -3.26. The van der Waals surface area contributed by atoms with Gasteiger partial charge >= 0.3 is 0 Å². The molecule has 8 nitrogen and oxygen atoms in total. The van der Waals surface area contributed by atoms with E-state index < -0.39 is 12.1 Å². The molecule has 3 amide bonds. The highest BCUT2D eigenvalue weighted by Gasteiger charge is 2.43. The van der Waals surface area contributed by atoms with E-state index in [0.717, 1.165) is 35.3 Å². The fourth-order valence-corrected chi connectivity index (χ4v) is 5.04. The lowest BCUT2D eigenvalue weighted by molar-refractivity contribution is -0.127. The number of nitrogens with one attached hydrogen (secondary N) is 3. The normalized spacial score (nSPS) is 20.5. The maximum atomic E-state index is 13.8. The van der Waals surface area contributed by atoms with Gasteiger partial charge in [0, 0.05) is 32.1 Å². The zero-order chi connectivity index (χ0) is 24.9. The number of aromatic nitrogens is 1. The van der Waals surface area contributed by atoms with E-state index in [0.29, 0.717) is 25.9 Å². The highest BCUT2D eigenvalue weighted by atomic mass is 16.2. The summed E-state index contributed by atoms with van der Waals surface area (Å²) in [6, 6.07) is 10.6. The van der Waals surface area contributed by atoms with Crippen LogP contribution in [0.5, 0.6) is 0 Å². The van der Waals surface area contributed by atoms with Gasteiger partial charge in [0.1, 0.15) is 6.04 Å². The Bertz CT molecular complexity index is 1070. The number of amides is 3. The van der Waals surface area contributed by atoms with Gasteiger partial charge in [-0.3, -0.25) is 24.3 Å². The van der Waals surface area contributed by atoms with E-state index in [4.69, 9.17) is 0 Å². The van der Waals surface area contributed by atoms with Crippen LogP contribution in [0.4, 0.5) is 5.69 Å². The summed E-state index contributed by atoms with van der Waals surface area (Å²) in [5, 5.41) is 9.41. The van der Waals surface area contributed by atoms with E-state index in [1.54, 1.807) is 11.1 Å². The number of hydrogen-bond donors (Lipinski definition) is 3. The summed E-state index contributed by atoms with van der Waals surface area (Å²) >= 11 is 0. The first-order valence-electron chi connectivity index (χ1n) is 12.5. The predicted octanol–water partition coefficient (Wildman–Crippen LogP) is 2.11. The minimum Gasteiger partial charge on any atom is -0.352 e. The van der Waals surface area contributed by atoms with Crippen LogP contribution < -0.4 is 20.9 Å². The third-order valence-corrected chi connectivity index (χ3v) is 7.18. The molecule has 1 aromatic carbocycles. The molecule has 0 radical (unpaired) electrons. The zero-order valence-electron chi connectivity index (χ0n) is 20.7. The Morgan fingerprint density at radius 3 is 2.69 bits per heavy atom. The van der Waals surface area contributed by atoms with Gasteiger partial charge in [-0.2, -0.15) is 0 Å². The molecule has 0 unspecified atom stereocenters. The van der Waals surface area contributed by atoms with Gasteiger partial charge in [0.15, 0.2) is 0 Å². The lowest BCUT2D eigenvalue weighted by Gasteiger charge is -2.30. The summed E-state index contributed by atoms with van der Waals surface area (Å²) in [4.78, 5) is 44.8. The Kier molecular flexibility index (Phi) is 7.80. The van der Waals surface area contributed by atoms with Crippen LogP contribution in [-0.4, -0.2) is 47.4 Å². The van der Waals surface area contributed by atoms with Crippen LogP contribution in [0.1, 0.15) is 50.4 Å². The molecular weight excluding hydrogens is 442 g/mol. The minimum atomic E-state index is -0.592. The topological polar surface area (TPSA) is 103 Å². The summed E-state index contributed by atoms with van der Waals surface area (Å²) in [7, 11) is 0. The van der Waals surface area contributed by atoms with E-state index in [1.165, 1.54) is 6.92 Å². The van der Waals surface area contributed by atoms with Crippen molar-refractivity contribution in [2.24, 2.45) is 5.92 Å². The molecule has 4 rings (SSSR count). The van der Waals surface area contributed by atoms with Crippen LogP contribution in [0.2, 0.25) is 0 Å². The van der Waals surface area contributed by atoms with Crippen molar-refractivity contribution < 1.29 is 14.4 Å². The Morgan fingerprint density at radius 1 is 1.17 bits per heavy atom. The number of carbonyl (C=O) groups is 3. The maximum absolute atomic E-state index is 13.8. The molecule has 35 heavy (non-hydrogen) atoms. The lowest BCUT2D eigenvalue weighted by atomic mass is 9.98. The number of anilines is 1. The molecule has 0 saturated heterocycles. The number of hydrogen-bond acceptors (Lipinski definition) is 5. The largest absolute Gasteiger partial charge is 0.352 e. The van der Waals surface area contributed by atoms with Gasteiger partial charge < -0.3 is 16.0 Å². The molecule has 0 bridgehead atoms. The van der Waals surface area contributed by atoms with Crippen molar-refractivity contribution in [2.75, 3.05) is 11.4 Å². The molecule has 186 valence electrons. The van der Waals surface area contributed by atoms with Gasteiger partial charge in [-0.25, -0.2) is 0 Å². The average Bonchev–Trinajstić information content (AvgIpc) is 3.20. The van der Waals surface area contributed by atoms with Gasteiger partial charge in [-0.15, -0.1) is 0 Å². The van der Waals surface area contributed by atoms with Crippen LogP contribution in [-0.2, 0) is 33.8 Å². The molecule has 2 aromatic rings. The Morgan fingerprint density at radius 2 is 1.97 bits per heavy atom. The van der Waals surface area contributed by atoms with E-state index in [-0.39, 0.29) is 29.7 Å². The summed E-state index contributed by atoms with van der Waals surface area (Å²) in [5.74, 6) is -0.0709. The molecule has 8 heteroatoms. The maximum Gasteiger partial charge on any atom is 0.244 e. The number of rotatable bonds is 9. The first-order valence-corrected chi connectivity index (χ1v) is 12.5. The molecule has 3 heterocycles. The molecule has 0 aliphatic carbocycles. The number of para-hydroxylation sites is 1. The van der Waals surface area contributed by atoms with Crippen molar-refractivity contribution in [1.82, 2.24) is 20.9 Å². The Balaban J connectivity index is 1.52. The van der Waals surface area contributed by atoms with Crippen molar-refractivity contribution in [3.05, 3.63) is 59.4 Å². The number of carbonyl (C=O) groups excluding carboxylic acids is 3. The van der Waals surface area contributed by atoms with Crippen LogP contribution in [0, 0.1) is 5.92 Å². The van der Waals surface area contributed by atoms with Crippen LogP contribution >= 0.6 is 0 Å². The van der Waals surface area contributed by atoms with Crippen molar-refractivity contribution in [3.8, 4) is 0 Å². The fourth-order valence-electron chi connectivity index (χ4n) is 5.04. The van der Waals surface area contributed by atoms with Crippen LogP contribution in [0.3, 0.4) is 0 Å².